The number of amides is 1. The van der Waals surface area contributed by atoms with Crippen molar-refractivity contribution in [3.8, 4) is 11.5 Å². The number of nitrogens with zero attached hydrogens (tertiary/aromatic N) is 1. The van der Waals surface area contributed by atoms with Crippen molar-refractivity contribution in [1.29, 1.82) is 0 Å². The Morgan fingerprint density at radius 3 is 2.68 bits per heavy atom. The molecule has 0 fully saturated rings. The van der Waals surface area contributed by atoms with Gasteiger partial charge in [-0.1, -0.05) is 30.3 Å². The molecule has 1 amide bonds. The van der Waals surface area contributed by atoms with Gasteiger partial charge in [0.15, 0.2) is 6.61 Å². The van der Waals surface area contributed by atoms with Gasteiger partial charge in [-0.3, -0.25) is 9.59 Å². The fraction of sp³-hybridized carbons (Fsp3) is 0.263. The molecule has 1 unspecified atom stereocenters. The van der Waals surface area contributed by atoms with Gasteiger partial charge in [0.2, 0.25) is 0 Å². The Labute approximate surface area is 145 Å². The van der Waals surface area contributed by atoms with Gasteiger partial charge in [0.05, 0.1) is 13.0 Å². The van der Waals surface area contributed by atoms with Gasteiger partial charge in [-0.25, -0.2) is 0 Å². The van der Waals surface area contributed by atoms with Crippen molar-refractivity contribution in [3.63, 3.8) is 0 Å². The largest absolute Gasteiger partial charge is 0.497 e. The van der Waals surface area contributed by atoms with Crippen LogP contribution in [0.25, 0.3) is 0 Å². The third kappa shape index (κ3) is 3.74. The van der Waals surface area contributed by atoms with E-state index in [1.165, 1.54) is 4.90 Å². The summed E-state index contributed by atoms with van der Waals surface area (Å²) in [5.74, 6) is -0.726. The Morgan fingerprint density at radius 1 is 1.16 bits per heavy atom. The zero-order valence-electron chi connectivity index (χ0n) is 13.8. The van der Waals surface area contributed by atoms with E-state index in [1.54, 1.807) is 31.4 Å². The first-order valence-electron chi connectivity index (χ1n) is 7.93. The number of carbonyl (C=O) groups is 2. The summed E-state index contributed by atoms with van der Waals surface area (Å²) < 4.78 is 10.6. The molecule has 0 spiro atoms. The van der Waals surface area contributed by atoms with E-state index in [-0.39, 0.29) is 19.1 Å². The summed E-state index contributed by atoms with van der Waals surface area (Å²) >= 11 is 0. The smallest absolute Gasteiger partial charge is 0.312 e. The van der Waals surface area contributed by atoms with Crippen LogP contribution in [-0.4, -0.2) is 42.1 Å². The van der Waals surface area contributed by atoms with Crippen LogP contribution in [0.2, 0.25) is 0 Å². The molecule has 1 aliphatic heterocycles. The fourth-order valence-corrected chi connectivity index (χ4v) is 2.94. The maximum Gasteiger partial charge on any atom is 0.312 e. The lowest BCUT2D eigenvalue weighted by Crippen LogP contribution is -2.42. The Morgan fingerprint density at radius 2 is 1.92 bits per heavy atom. The first-order valence-corrected chi connectivity index (χ1v) is 7.93. The first kappa shape index (κ1) is 16.8. The Hall–Kier alpha value is -3.02. The number of rotatable bonds is 5. The molecule has 1 N–H and O–H groups in total. The van der Waals surface area contributed by atoms with E-state index >= 15 is 0 Å². The quantitative estimate of drug-likeness (QED) is 0.903. The van der Waals surface area contributed by atoms with Gasteiger partial charge in [-0.15, -0.1) is 0 Å². The minimum Gasteiger partial charge on any atom is -0.497 e. The first-order chi connectivity index (χ1) is 12.1. The number of carbonyl (C=O) groups excluding carboxylic acids is 1. The predicted octanol–water partition coefficient (Wildman–Crippen LogP) is 2.28. The lowest BCUT2D eigenvalue weighted by molar-refractivity contribution is -0.142. The third-order valence-corrected chi connectivity index (χ3v) is 4.25. The molecule has 3 rings (SSSR count). The topological polar surface area (TPSA) is 76.1 Å². The number of benzene rings is 2. The Balaban J connectivity index is 1.69. The lowest BCUT2D eigenvalue weighted by atomic mass is 9.90. The molecular formula is C19H19NO5. The van der Waals surface area contributed by atoms with Crippen LogP contribution < -0.4 is 9.47 Å². The van der Waals surface area contributed by atoms with Crippen molar-refractivity contribution in [2.45, 2.75) is 12.5 Å². The average molecular weight is 341 g/mol. The van der Waals surface area contributed by atoms with Crippen LogP contribution >= 0.6 is 0 Å². The monoisotopic (exact) mass is 341 g/mol. The van der Waals surface area contributed by atoms with Gasteiger partial charge in [-0.2, -0.15) is 0 Å². The normalized spacial score (nSPS) is 16.0. The SMILES string of the molecule is COc1cccc(OCC(=O)N2Cc3ccccc3C(C(=O)O)C2)c1. The van der Waals surface area contributed by atoms with Gasteiger partial charge in [-0.05, 0) is 23.3 Å². The van der Waals surface area contributed by atoms with Crippen LogP contribution in [0.15, 0.2) is 48.5 Å². The average Bonchev–Trinajstić information content (AvgIpc) is 2.65. The summed E-state index contributed by atoms with van der Waals surface area (Å²) in [7, 11) is 1.56. The number of carboxylic acid groups (broad SMARTS) is 1. The molecule has 0 saturated carbocycles. The number of hydrogen-bond donors (Lipinski definition) is 1. The molecule has 0 aliphatic carbocycles. The maximum absolute atomic E-state index is 12.5. The van der Waals surface area contributed by atoms with Crippen LogP contribution in [0.1, 0.15) is 17.0 Å². The van der Waals surface area contributed by atoms with Crippen molar-refractivity contribution in [2.75, 3.05) is 20.3 Å². The second-order valence-corrected chi connectivity index (χ2v) is 5.83. The summed E-state index contributed by atoms with van der Waals surface area (Å²) in [6.07, 6.45) is 0. The van der Waals surface area contributed by atoms with E-state index in [0.717, 1.165) is 11.1 Å². The van der Waals surface area contributed by atoms with Gasteiger partial charge >= 0.3 is 5.97 Å². The van der Waals surface area contributed by atoms with Crippen LogP contribution in [0.3, 0.4) is 0 Å². The second-order valence-electron chi connectivity index (χ2n) is 5.83. The van der Waals surface area contributed by atoms with Crippen LogP contribution in [0.4, 0.5) is 0 Å². The third-order valence-electron chi connectivity index (χ3n) is 4.25. The highest BCUT2D eigenvalue weighted by Crippen LogP contribution is 2.28. The summed E-state index contributed by atoms with van der Waals surface area (Å²) in [4.78, 5) is 25.6. The van der Waals surface area contributed by atoms with E-state index in [2.05, 4.69) is 0 Å². The Bertz CT molecular complexity index is 789. The molecular weight excluding hydrogens is 322 g/mol. The summed E-state index contributed by atoms with van der Waals surface area (Å²) in [5.41, 5.74) is 1.63. The standard InChI is InChI=1S/C19H19NO5/c1-24-14-6-4-7-15(9-14)25-12-18(21)20-10-13-5-2-3-8-16(13)17(11-20)19(22)23/h2-9,17H,10-12H2,1H3,(H,22,23). The van der Waals surface area contributed by atoms with Crippen LogP contribution in [0, 0.1) is 0 Å². The Kier molecular flexibility index (Phi) is 4.88. The van der Waals surface area contributed by atoms with Crippen molar-refractivity contribution < 1.29 is 24.2 Å². The van der Waals surface area contributed by atoms with Gasteiger partial charge in [0.25, 0.3) is 5.91 Å². The van der Waals surface area contributed by atoms with E-state index in [9.17, 15) is 14.7 Å². The molecule has 6 heteroatoms. The maximum atomic E-state index is 12.5. The van der Waals surface area contributed by atoms with Crippen LogP contribution in [0.5, 0.6) is 11.5 Å². The highest BCUT2D eigenvalue weighted by atomic mass is 16.5. The number of carboxylic acids is 1. The molecule has 25 heavy (non-hydrogen) atoms. The van der Waals surface area contributed by atoms with Crippen molar-refractivity contribution in [2.24, 2.45) is 0 Å². The number of aliphatic carboxylic acids is 1. The lowest BCUT2D eigenvalue weighted by Gasteiger charge is -2.32. The molecule has 130 valence electrons. The van der Waals surface area contributed by atoms with E-state index in [1.807, 2.05) is 24.3 Å². The zero-order valence-corrected chi connectivity index (χ0v) is 13.8. The number of ether oxygens (including phenoxy) is 2. The zero-order chi connectivity index (χ0) is 17.8. The highest BCUT2D eigenvalue weighted by Gasteiger charge is 2.32. The second kappa shape index (κ2) is 7.25. The fourth-order valence-electron chi connectivity index (χ4n) is 2.94. The predicted molar refractivity (Wildman–Crippen MR) is 90.7 cm³/mol. The van der Waals surface area contributed by atoms with Crippen molar-refractivity contribution in [3.05, 3.63) is 59.7 Å². The molecule has 0 aromatic heterocycles. The van der Waals surface area contributed by atoms with Gasteiger partial charge in [0.1, 0.15) is 11.5 Å². The summed E-state index contributed by atoms with van der Waals surface area (Å²) in [6, 6.07) is 14.3. The molecule has 2 aromatic carbocycles. The van der Waals surface area contributed by atoms with Crippen molar-refractivity contribution in [1.82, 2.24) is 4.90 Å². The van der Waals surface area contributed by atoms with E-state index < -0.39 is 11.9 Å². The number of fused-ring (bicyclic) bond motifs is 1. The molecule has 1 aliphatic rings. The summed E-state index contributed by atoms with van der Waals surface area (Å²) in [5, 5.41) is 9.47. The minimum atomic E-state index is -0.932. The molecule has 2 aromatic rings. The molecule has 0 bridgehead atoms. The highest BCUT2D eigenvalue weighted by molar-refractivity contribution is 5.82. The molecule has 1 heterocycles. The molecule has 0 saturated heterocycles. The number of methoxy groups -OCH3 is 1. The number of hydrogen-bond acceptors (Lipinski definition) is 4. The van der Waals surface area contributed by atoms with E-state index in [0.29, 0.717) is 18.0 Å². The molecule has 0 radical (unpaired) electrons. The minimum absolute atomic E-state index is 0.145. The van der Waals surface area contributed by atoms with E-state index in [4.69, 9.17) is 9.47 Å². The van der Waals surface area contributed by atoms with Gasteiger partial charge < -0.3 is 19.5 Å². The van der Waals surface area contributed by atoms with Gasteiger partial charge in [0, 0.05) is 19.2 Å². The van der Waals surface area contributed by atoms with Crippen molar-refractivity contribution >= 4 is 11.9 Å². The molecule has 6 nitrogen and oxygen atoms in total. The summed E-state index contributed by atoms with van der Waals surface area (Å²) in [6.45, 7) is 0.384. The molecule has 1 atom stereocenters. The van der Waals surface area contributed by atoms with Crippen LogP contribution in [-0.2, 0) is 16.1 Å².